The van der Waals surface area contributed by atoms with Crippen LogP contribution in [-0.4, -0.2) is 18.2 Å². The first-order chi connectivity index (χ1) is 7.45. The number of benzene rings is 1. The summed E-state index contributed by atoms with van der Waals surface area (Å²) >= 11 is 12.6. The summed E-state index contributed by atoms with van der Waals surface area (Å²) in [5.41, 5.74) is 6.18. The standard InChI is InChI=1S/C9H8ClIN2O2S/c1-15-8(14)5-2-4(10)3-6(11)7(5)13-9(12)16/h2-3H,1H3,(H3,12,13,16). The zero-order valence-electron chi connectivity index (χ0n) is 8.21. The van der Waals surface area contributed by atoms with E-state index in [-0.39, 0.29) is 5.11 Å². The fraction of sp³-hybridized carbons (Fsp3) is 0.111. The minimum absolute atomic E-state index is 0.0744. The highest BCUT2D eigenvalue weighted by atomic mass is 127. The largest absolute Gasteiger partial charge is 0.465 e. The molecule has 0 radical (unpaired) electrons. The van der Waals surface area contributed by atoms with Gasteiger partial charge in [0.2, 0.25) is 0 Å². The fourth-order valence-electron chi connectivity index (χ4n) is 1.09. The Hall–Kier alpha value is -0.600. The van der Waals surface area contributed by atoms with Crippen LogP contribution >= 0.6 is 46.4 Å². The van der Waals surface area contributed by atoms with Crippen LogP contribution in [0.25, 0.3) is 0 Å². The molecule has 0 spiro atoms. The third-order valence-corrected chi connectivity index (χ3v) is 2.88. The number of hydrogen-bond acceptors (Lipinski definition) is 3. The molecular formula is C9H8ClIN2O2S. The van der Waals surface area contributed by atoms with E-state index in [1.54, 1.807) is 6.07 Å². The van der Waals surface area contributed by atoms with Crippen LogP contribution in [0.5, 0.6) is 0 Å². The molecule has 1 aromatic carbocycles. The van der Waals surface area contributed by atoms with E-state index < -0.39 is 5.97 Å². The van der Waals surface area contributed by atoms with Crippen molar-refractivity contribution >= 4 is 63.2 Å². The van der Waals surface area contributed by atoms with Crippen molar-refractivity contribution in [2.75, 3.05) is 12.4 Å². The van der Waals surface area contributed by atoms with Crippen molar-refractivity contribution in [2.24, 2.45) is 5.73 Å². The molecule has 1 aromatic rings. The van der Waals surface area contributed by atoms with Crippen LogP contribution in [0.3, 0.4) is 0 Å². The van der Waals surface area contributed by atoms with Gasteiger partial charge < -0.3 is 15.8 Å². The molecule has 0 unspecified atom stereocenters. The average molecular weight is 371 g/mol. The van der Waals surface area contributed by atoms with Gasteiger partial charge in [0.25, 0.3) is 0 Å². The van der Waals surface area contributed by atoms with Gasteiger partial charge >= 0.3 is 5.97 Å². The molecule has 0 aromatic heterocycles. The van der Waals surface area contributed by atoms with Crippen molar-refractivity contribution in [3.8, 4) is 0 Å². The first-order valence-electron chi connectivity index (χ1n) is 4.09. The molecule has 0 fully saturated rings. The van der Waals surface area contributed by atoms with Crippen molar-refractivity contribution in [3.63, 3.8) is 0 Å². The van der Waals surface area contributed by atoms with E-state index in [4.69, 9.17) is 29.6 Å². The van der Waals surface area contributed by atoms with Crippen molar-refractivity contribution in [3.05, 3.63) is 26.3 Å². The lowest BCUT2D eigenvalue weighted by Crippen LogP contribution is -2.21. The lowest BCUT2D eigenvalue weighted by molar-refractivity contribution is 0.0602. The third-order valence-electron chi connectivity index (χ3n) is 1.71. The van der Waals surface area contributed by atoms with Crippen LogP contribution in [-0.2, 0) is 4.74 Å². The molecule has 0 heterocycles. The molecule has 0 aliphatic rings. The Morgan fingerprint density at radius 1 is 1.62 bits per heavy atom. The lowest BCUT2D eigenvalue weighted by Gasteiger charge is -2.12. The summed E-state index contributed by atoms with van der Waals surface area (Å²) in [5.74, 6) is -0.501. The number of carbonyl (C=O) groups excluding carboxylic acids is 1. The molecule has 1 rings (SSSR count). The fourth-order valence-corrected chi connectivity index (χ4v) is 2.36. The molecule has 0 bridgehead atoms. The highest BCUT2D eigenvalue weighted by Crippen LogP contribution is 2.28. The Bertz CT molecular complexity index is 453. The van der Waals surface area contributed by atoms with Crippen molar-refractivity contribution < 1.29 is 9.53 Å². The van der Waals surface area contributed by atoms with Gasteiger partial charge in [-0.2, -0.15) is 0 Å². The number of anilines is 1. The van der Waals surface area contributed by atoms with E-state index in [2.05, 4.69) is 10.1 Å². The van der Waals surface area contributed by atoms with Gasteiger partial charge in [-0.05, 0) is 46.9 Å². The topological polar surface area (TPSA) is 64.3 Å². The molecule has 0 amide bonds. The van der Waals surface area contributed by atoms with E-state index in [1.807, 2.05) is 22.6 Å². The summed E-state index contributed by atoms with van der Waals surface area (Å²) < 4.78 is 5.38. The average Bonchev–Trinajstić information content (AvgIpc) is 2.20. The number of carbonyl (C=O) groups is 1. The number of halogens is 2. The number of rotatable bonds is 2. The highest BCUT2D eigenvalue weighted by Gasteiger charge is 2.16. The summed E-state index contributed by atoms with van der Waals surface area (Å²) in [7, 11) is 1.29. The molecule has 0 aliphatic carbocycles. The lowest BCUT2D eigenvalue weighted by atomic mass is 10.2. The Kier molecular flexibility index (Phi) is 4.75. The van der Waals surface area contributed by atoms with Gasteiger partial charge in [0, 0.05) is 8.59 Å². The van der Waals surface area contributed by atoms with Crippen molar-refractivity contribution in [1.82, 2.24) is 0 Å². The van der Waals surface area contributed by atoms with Gasteiger partial charge in [-0.1, -0.05) is 11.6 Å². The van der Waals surface area contributed by atoms with Gasteiger partial charge in [-0.15, -0.1) is 0 Å². The monoisotopic (exact) mass is 370 g/mol. The summed E-state index contributed by atoms with van der Waals surface area (Å²) in [4.78, 5) is 11.5. The second-order valence-corrected chi connectivity index (χ2v) is 4.83. The van der Waals surface area contributed by atoms with Gasteiger partial charge in [-0.3, -0.25) is 0 Å². The van der Waals surface area contributed by atoms with E-state index in [0.717, 1.165) is 3.57 Å². The number of thiocarbonyl (C=S) groups is 1. The minimum Gasteiger partial charge on any atom is -0.465 e. The first-order valence-corrected chi connectivity index (χ1v) is 5.96. The van der Waals surface area contributed by atoms with Crippen LogP contribution in [0.1, 0.15) is 10.4 Å². The summed E-state index contributed by atoms with van der Waals surface area (Å²) in [5, 5.41) is 3.24. The van der Waals surface area contributed by atoms with Crippen LogP contribution in [0.4, 0.5) is 5.69 Å². The summed E-state index contributed by atoms with van der Waals surface area (Å²) in [6.07, 6.45) is 0. The third kappa shape index (κ3) is 3.19. The SMILES string of the molecule is COC(=O)c1cc(Cl)cc(I)c1NC(N)=S. The first kappa shape index (κ1) is 13.5. The summed E-state index contributed by atoms with van der Waals surface area (Å²) in [6.45, 7) is 0. The van der Waals surface area contributed by atoms with Gasteiger partial charge in [-0.25, -0.2) is 4.79 Å². The van der Waals surface area contributed by atoms with Gasteiger partial charge in [0.05, 0.1) is 18.4 Å². The second-order valence-electron chi connectivity index (χ2n) is 2.79. The quantitative estimate of drug-likeness (QED) is 0.475. The van der Waals surface area contributed by atoms with E-state index >= 15 is 0 Å². The van der Waals surface area contributed by atoms with Crippen LogP contribution in [0.15, 0.2) is 12.1 Å². The number of ether oxygens (including phenoxy) is 1. The number of nitrogens with two attached hydrogens (primary N) is 1. The molecule has 0 aliphatic heterocycles. The van der Waals surface area contributed by atoms with Gasteiger partial charge in [0.1, 0.15) is 0 Å². The van der Waals surface area contributed by atoms with Crippen LogP contribution in [0.2, 0.25) is 5.02 Å². The molecule has 0 saturated carbocycles. The van der Waals surface area contributed by atoms with E-state index in [9.17, 15) is 4.79 Å². The van der Waals surface area contributed by atoms with E-state index in [0.29, 0.717) is 16.3 Å². The Morgan fingerprint density at radius 3 is 2.75 bits per heavy atom. The number of nitrogens with one attached hydrogen (secondary N) is 1. The molecular weight excluding hydrogens is 363 g/mol. The molecule has 0 saturated heterocycles. The normalized spacial score (nSPS) is 9.69. The van der Waals surface area contributed by atoms with Crippen molar-refractivity contribution in [1.29, 1.82) is 0 Å². The maximum absolute atomic E-state index is 11.5. The molecule has 0 atom stereocenters. The molecule has 16 heavy (non-hydrogen) atoms. The Morgan fingerprint density at radius 2 is 2.25 bits per heavy atom. The molecule has 3 N–H and O–H groups in total. The zero-order chi connectivity index (χ0) is 12.3. The maximum atomic E-state index is 11.5. The predicted molar refractivity (Wildman–Crippen MR) is 75.9 cm³/mol. The number of methoxy groups -OCH3 is 1. The van der Waals surface area contributed by atoms with Gasteiger partial charge in [0.15, 0.2) is 5.11 Å². The number of esters is 1. The Balaban J connectivity index is 3.31. The highest BCUT2D eigenvalue weighted by molar-refractivity contribution is 14.1. The second kappa shape index (κ2) is 5.65. The zero-order valence-corrected chi connectivity index (χ0v) is 11.9. The minimum atomic E-state index is -0.501. The molecule has 4 nitrogen and oxygen atoms in total. The molecule has 7 heteroatoms. The predicted octanol–water partition coefficient (Wildman–Crippen LogP) is 2.39. The van der Waals surface area contributed by atoms with Crippen molar-refractivity contribution in [2.45, 2.75) is 0 Å². The Labute approximate surface area is 117 Å². The number of hydrogen-bond donors (Lipinski definition) is 2. The smallest absolute Gasteiger partial charge is 0.340 e. The summed E-state index contributed by atoms with van der Waals surface area (Å²) in [6, 6.07) is 3.19. The maximum Gasteiger partial charge on any atom is 0.340 e. The molecule has 86 valence electrons. The van der Waals surface area contributed by atoms with Crippen LogP contribution in [0, 0.1) is 3.57 Å². The van der Waals surface area contributed by atoms with Crippen LogP contribution < -0.4 is 11.1 Å². The van der Waals surface area contributed by atoms with E-state index in [1.165, 1.54) is 13.2 Å².